The molecule has 0 radical (unpaired) electrons. The lowest BCUT2D eigenvalue weighted by Crippen LogP contribution is -2.13. The molecule has 11 nitrogen and oxygen atoms in total. The molecule has 0 saturated heterocycles. The molecule has 166 valence electrons. The number of carbonyl (C=O) groups excluding carboxylic acids is 3. The fourth-order valence-corrected chi connectivity index (χ4v) is 3.35. The van der Waals surface area contributed by atoms with Crippen LogP contribution in [0.25, 0.3) is 10.9 Å². The average Bonchev–Trinajstić information content (AvgIpc) is 3.16. The van der Waals surface area contributed by atoms with Gasteiger partial charge in [0.2, 0.25) is 5.91 Å². The van der Waals surface area contributed by atoms with E-state index >= 15 is 0 Å². The fourth-order valence-electron chi connectivity index (χ4n) is 2.67. The molecule has 0 spiro atoms. The molecule has 0 atom stereocenters. The van der Waals surface area contributed by atoms with Gasteiger partial charge >= 0.3 is 12.1 Å². The molecule has 0 bridgehead atoms. The third kappa shape index (κ3) is 5.16. The summed E-state index contributed by atoms with van der Waals surface area (Å²) < 4.78 is 13.9. The highest BCUT2D eigenvalue weighted by Gasteiger charge is 2.15. The van der Waals surface area contributed by atoms with Crippen LogP contribution in [0.4, 0.5) is 26.9 Å². The van der Waals surface area contributed by atoms with Gasteiger partial charge in [0.15, 0.2) is 5.00 Å². The molecule has 0 unspecified atom stereocenters. The number of hydrogen-bond donors (Lipinski definition) is 3. The Morgan fingerprint density at radius 3 is 2.59 bits per heavy atom. The van der Waals surface area contributed by atoms with E-state index in [-0.39, 0.29) is 29.4 Å². The van der Waals surface area contributed by atoms with Crippen LogP contribution in [0, 0.1) is 0 Å². The van der Waals surface area contributed by atoms with Crippen molar-refractivity contribution < 1.29 is 29.0 Å². The molecule has 2 amide bonds. The minimum absolute atomic E-state index is 0.0861. The second-order valence-corrected chi connectivity index (χ2v) is 7.08. The zero-order valence-corrected chi connectivity index (χ0v) is 18.1. The zero-order valence-electron chi connectivity index (χ0n) is 17.3. The SMILES string of the molecule is CCOC(=O)Nc1cc(O)c(NC(C)=O)cc1N=Nc1snc2ccc(C(=O)OC)cc12. The molecule has 3 rings (SSSR count). The number of methoxy groups -OCH3 is 1. The van der Waals surface area contributed by atoms with E-state index in [9.17, 15) is 19.5 Å². The maximum atomic E-state index is 11.9. The van der Waals surface area contributed by atoms with Crippen LogP contribution in [-0.2, 0) is 14.3 Å². The first-order chi connectivity index (χ1) is 15.3. The van der Waals surface area contributed by atoms with Gasteiger partial charge in [0.05, 0.1) is 36.2 Å². The lowest BCUT2D eigenvalue weighted by molar-refractivity contribution is -0.114. The first kappa shape index (κ1) is 22.6. The highest BCUT2D eigenvalue weighted by atomic mass is 32.1. The molecule has 32 heavy (non-hydrogen) atoms. The maximum absolute atomic E-state index is 11.9. The van der Waals surface area contributed by atoms with Gasteiger partial charge in [-0.25, -0.2) is 9.59 Å². The molecule has 0 fully saturated rings. The molecular weight excluding hydrogens is 438 g/mol. The number of nitrogens with one attached hydrogen (secondary N) is 2. The highest BCUT2D eigenvalue weighted by Crippen LogP contribution is 2.38. The second kappa shape index (κ2) is 9.83. The number of benzene rings is 2. The zero-order chi connectivity index (χ0) is 23.3. The fraction of sp³-hybridized carbons (Fsp3) is 0.200. The minimum atomic E-state index is -0.749. The largest absolute Gasteiger partial charge is 0.506 e. The van der Waals surface area contributed by atoms with Crippen molar-refractivity contribution in [2.45, 2.75) is 13.8 Å². The third-order valence-electron chi connectivity index (χ3n) is 4.06. The van der Waals surface area contributed by atoms with Gasteiger partial charge in [0.25, 0.3) is 0 Å². The number of anilines is 2. The molecule has 1 heterocycles. The Kier molecular flexibility index (Phi) is 6.95. The van der Waals surface area contributed by atoms with Crippen molar-refractivity contribution in [1.29, 1.82) is 0 Å². The molecular formula is C20H19N5O6S. The van der Waals surface area contributed by atoms with E-state index in [2.05, 4.69) is 25.2 Å². The minimum Gasteiger partial charge on any atom is -0.506 e. The number of esters is 1. The van der Waals surface area contributed by atoms with Gasteiger partial charge in [-0.15, -0.1) is 10.2 Å². The number of aromatic hydroxyl groups is 1. The second-order valence-electron chi connectivity index (χ2n) is 6.32. The van der Waals surface area contributed by atoms with Crippen LogP contribution in [0.1, 0.15) is 24.2 Å². The number of carbonyl (C=O) groups is 3. The van der Waals surface area contributed by atoms with Crippen LogP contribution in [0.15, 0.2) is 40.6 Å². The number of nitrogens with zero attached hydrogens (tertiary/aromatic N) is 3. The topological polar surface area (TPSA) is 152 Å². The number of phenols is 1. The standard InChI is InChI=1S/C20H19N5O6S/c1-4-31-20(29)22-14-9-17(27)16(21-10(2)26)8-15(14)23-24-18-12-7-11(19(28)30-3)5-6-13(12)25-32-18/h5-9,27H,4H2,1-3H3,(H,21,26)(H,22,29). The van der Waals surface area contributed by atoms with E-state index in [0.29, 0.717) is 21.5 Å². The Morgan fingerprint density at radius 2 is 1.91 bits per heavy atom. The Hall–Kier alpha value is -4.06. The van der Waals surface area contributed by atoms with E-state index in [1.54, 1.807) is 25.1 Å². The number of aromatic nitrogens is 1. The number of rotatable bonds is 6. The van der Waals surface area contributed by atoms with Crippen molar-refractivity contribution in [2.75, 3.05) is 24.4 Å². The molecule has 0 aliphatic rings. The number of amides is 2. The summed E-state index contributed by atoms with van der Waals surface area (Å²) in [7, 11) is 1.29. The molecule has 3 aromatic rings. The predicted octanol–water partition coefficient (Wildman–Crippen LogP) is 4.73. The number of azo groups is 1. The van der Waals surface area contributed by atoms with Crippen LogP contribution in [0.5, 0.6) is 5.75 Å². The Bertz CT molecular complexity index is 1220. The maximum Gasteiger partial charge on any atom is 0.411 e. The third-order valence-corrected chi connectivity index (χ3v) is 4.83. The van der Waals surface area contributed by atoms with E-state index in [1.165, 1.54) is 26.2 Å². The summed E-state index contributed by atoms with van der Waals surface area (Å²) in [6.07, 6.45) is -0.749. The molecule has 0 aliphatic carbocycles. The molecule has 0 aliphatic heterocycles. The summed E-state index contributed by atoms with van der Waals surface area (Å²) in [5.74, 6) is -1.18. The monoisotopic (exact) mass is 457 g/mol. The lowest BCUT2D eigenvalue weighted by atomic mass is 10.1. The van der Waals surface area contributed by atoms with Gasteiger partial charge in [-0.1, -0.05) is 0 Å². The normalized spacial score (nSPS) is 10.8. The van der Waals surface area contributed by atoms with Gasteiger partial charge in [0.1, 0.15) is 11.4 Å². The van der Waals surface area contributed by atoms with Crippen molar-refractivity contribution in [3.8, 4) is 5.75 Å². The van der Waals surface area contributed by atoms with Crippen molar-refractivity contribution in [3.63, 3.8) is 0 Å². The summed E-state index contributed by atoms with van der Waals surface area (Å²) in [6, 6.07) is 7.42. The van der Waals surface area contributed by atoms with Crippen molar-refractivity contribution in [3.05, 3.63) is 35.9 Å². The van der Waals surface area contributed by atoms with Gasteiger partial charge < -0.3 is 19.9 Å². The average molecular weight is 457 g/mol. The van der Waals surface area contributed by atoms with Crippen molar-refractivity contribution >= 4 is 62.5 Å². The van der Waals surface area contributed by atoms with Crippen LogP contribution < -0.4 is 10.6 Å². The lowest BCUT2D eigenvalue weighted by Gasteiger charge is -2.11. The van der Waals surface area contributed by atoms with Crippen molar-refractivity contribution in [2.24, 2.45) is 10.2 Å². The van der Waals surface area contributed by atoms with Crippen LogP contribution in [0.2, 0.25) is 0 Å². The summed E-state index contributed by atoms with van der Waals surface area (Å²) in [5.41, 5.74) is 1.29. The van der Waals surface area contributed by atoms with Crippen LogP contribution in [-0.4, -0.2) is 41.2 Å². The number of fused-ring (bicyclic) bond motifs is 1. The highest BCUT2D eigenvalue weighted by molar-refractivity contribution is 7.11. The molecule has 3 N–H and O–H groups in total. The number of hydrogen-bond acceptors (Lipinski definition) is 10. The molecule has 12 heteroatoms. The van der Waals surface area contributed by atoms with Gasteiger partial charge in [-0.05, 0) is 42.7 Å². The quantitative estimate of drug-likeness (QED) is 0.275. The number of phenolic OH excluding ortho intramolecular Hbond substituents is 1. The smallest absolute Gasteiger partial charge is 0.411 e. The van der Waals surface area contributed by atoms with Gasteiger partial charge in [0, 0.05) is 18.4 Å². The summed E-state index contributed by atoms with van der Waals surface area (Å²) in [5, 5.41) is 24.5. The van der Waals surface area contributed by atoms with E-state index in [1.807, 2.05) is 0 Å². The number of ether oxygens (including phenoxy) is 2. The van der Waals surface area contributed by atoms with Crippen LogP contribution >= 0.6 is 11.5 Å². The van der Waals surface area contributed by atoms with E-state index in [0.717, 1.165) is 11.5 Å². The summed E-state index contributed by atoms with van der Waals surface area (Å²) >= 11 is 1.06. The predicted molar refractivity (Wildman–Crippen MR) is 118 cm³/mol. The van der Waals surface area contributed by atoms with E-state index < -0.39 is 18.0 Å². The Balaban J connectivity index is 2.02. The van der Waals surface area contributed by atoms with E-state index in [4.69, 9.17) is 9.47 Å². The van der Waals surface area contributed by atoms with Gasteiger partial charge in [-0.2, -0.15) is 4.37 Å². The summed E-state index contributed by atoms with van der Waals surface area (Å²) in [4.78, 5) is 35.1. The Morgan fingerprint density at radius 1 is 1.12 bits per heavy atom. The van der Waals surface area contributed by atoms with Gasteiger partial charge in [-0.3, -0.25) is 10.1 Å². The first-order valence-electron chi connectivity index (χ1n) is 9.30. The molecule has 1 aromatic heterocycles. The van der Waals surface area contributed by atoms with Crippen molar-refractivity contribution in [1.82, 2.24) is 4.37 Å². The molecule has 0 saturated carbocycles. The summed E-state index contributed by atoms with van der Waals surface area (Å²) in [6.45, 7) is 3.08. The first-order valence-corrected chi connectivity index (χ1v) is 10.1. The molecule has 2 aromatic carbocycles. The van der Waals surface area contributed by atoms with Crippen LogP contribution in [0.3, 0.4) is 0 Å². The Labute approximate surface area is 186 Å².